The molecule has 1 heterocycles. The van der Waals surface area contributed by atoms with Gasteiger partial charge in [0, 0.05) is 5.69 Å². The first kappa shape index (κ1) is 20.6. The third-order valence-electron chi connectivity index (χ3n) is 4.68. The molecule has 1 aromatic carbocycles. The van der Waals surface area contributed by atoms with Crippen LogP contribution in [0.4, 0.5) is 5.69 Å². The maximum absolute atomic E-state index is 12.6. The van der Waals surface area contributed by atoms with Gasteiger partial charge in [-0.1, -0.05) is 24.6 Å². The Morgan fingerprint density at radius 1 is 1.29 bits per heavy atom. The number of anilines is 1. The summed E-state index contributed by atoms with van der Waals surface area (Å²) < 4.78 is 6.56. The summed E-state index contributed by atoms with van der Waals surface area (Å²) in [5.41, 5.74) is 1.41. The van der Waals surface area contributed by atoms with Crippen LogP contribution in [-0.4, -0.2) is 40.3 Å². The lowest BCUT2D eigenvalue weighted by atomic mass is 9.78. The first-order valence-corrected chi connectivity index (χ1v) is 11.0. The van der Waals surface area contributed by atoms with E-state index in [0.717, 1.165) is 27.4 Å². The van der Waals surface area contributed by atoms with Gasteiger partial charge in [-0.2, -0.15) is 0 Å². The fraction of sp³-hybridized carbons (Fsp3) is 0.474. The molecule has 2 atom stereocenters. The lowest BCUT2D eigenvalue weighted by Gasteiger charge is -2.27. The van der Waals surface area contributed by atoms with Crippen molar-refractivity contribution in [3.63, 3.8) is 0 Å². The second kappa shape index (κ2) is 9.38. The predicted octanol–water partition coefficient (Wildman–Crippen LogP) is 3.78. The summed E-state index contributed by atoms with van der Waals surface area (Å²) in [5.74, 6) is -2.34. The van der Waals surface area contributed by atoms with Crippen LogP contribution in [0.15, 0.2) is 22.5 Å². The molecular weight excluding hydrogens is 400 g/mol. The van der Waals surface area contributed by atoms with Gasteiger partial charge in [0.1, 0.15) is 0 Å². The van der Waals surface area contributed by atoms with Crippen LogP contribution < -0.4 is 5.32 Å². The van der Waals surface area contributed by atoms with Gasteiger partial charge < -0.3 is 15.2 Å². The number of aromatic nitrogens is 1. The minimum Gasteiger partial charge on any atom is -0.481 e. The average molecular weight is 423 g/mol. The van der Waals surface area contributed by atoms with Gasteiger partial charge in [0.2, 0.25) is 5.91 Å². The first-order chi connectivity index (χ1) is 13.5. The van der Waals surface area contributed by atoms with E-state index in [4.69, 9.17) is 4.74 Å². The molecule has 0 bridgehead atoms. The van der Waals surface area contributed by atoms with Crippen LogP contribution in [0.25, 0.3) is 10.2 Å². The van der Waals surface area contributed by atoms with Crippen molar-refractivity contribution in [2.75, 3.05) is 17.7 Å². The van der Waals surface area contributed by atoms with Gasteiger partial charge in [-0.3, -0.25) is 14.4 Å². The largest absolute Gasteiger partial charge is 0.481 e. The number of carboxylic acid groups (broad SMARTS) is 1. The summed E-state index contributed by atoms with van der Waals surface area (Å²) in [7, 11) is 0. The zero-order chi connectivity index (χ0) is 20.1. The molecule has 1 aliphatic carbocycles. The van der Waals surface area contributed by atoms with Crippen molar-refractivity contribution in [2.24, 2.45) is 11.8 Å². The van der Waals surface area contributed by atoms with Gasteiger partial charge in [-0.25, -0.2) is 4.98 Å². The van der Waals surface area contributed by atoms with Crippen LogP contribution >= 0.6 is 23.1 Å². The van der Waals surface area contributed by atoms with Crippen LogP contribution in [0, 0.1) is 11.8 Å². The molecule has 0 radical (unpaired) electrons. The molecule has 1 aliphatic rings. The molecule has 1 amide bonds. The number of benzene rings is 1. The Morgan fingerprint density at radius 2 is 2.04 bits per heavy atom. The van der Waals surface area contributed by atoms with E-state index in [9.17, 15) is 19.5 Å². The van der Waals surface area contributed by atoms with Gasteiger partial charge in [0.15, 0.2) is 4.34 Å². The van der Waals surface area contributed by atoms with E-state index in [1.807, 2.05) is 12.1 Å². The standard InChI is InChI=1S/C19H22N2O5S2/c1-2-26-16(22)10-27-19-21-14-8-7-11(9-15(14)28-19)20-17(23)12-5-3-4-6-13(12)18(24)25/h7-9,12-13H,2-6,10H2,1H3,(H,20,23)(H,24,25)/t12-,13-/m0/s1. The topological polar surface area (TPSA) is 106 Å². The predicted molar refractivity (Wildman–Crippen MR) is 109 cm³/mol. The number of nitrogens with zero attached hydrogens (tertiary/aromatic N) is 1. The molecule has 1 saturated carbocycles. The molecule has 2 N–H and O–H groups in total. The zero-order valence-electron chi connectivity index (χ0n) is 15.5. The number of carboxylic acids is 1. The molecule has 3 rings (SSSR count). The fourth-order valence-electron chi connectivity index (χ4n) is 3.34. The minimum atomic E-state index is -0.902. The van der Waals surface area contributed by atoms with Crippen LogP contribution in [0.1, 0.15) is 32.6 Å². The minimum absolute atomic E-state index is 0.204. The van der Waals surface area contributed by atoms with Crippen LogP contribution in [0.3, 0.4) is 0 Å². The summed E-state index contributed by atoms with van der Waals surface area (Å²) in [6.07, 6.45) is 2.86. The average Bonchev–Trinajstić information content (AvgIpc) is 3.08. The molecular formula is C19H22N2O5S2. The number of hydrogen-bond donors (Lipinski definition) is 2. The second-order valence-corrected chi connectivity index (χ2v) is 8.83. The molecule has 0 saturated heterocycles. The zero-order valence-corrected chi connectivity index (χ0v) is 17.1. The van der Waals surface area contributed by atoms with E-state index in [1.54, 1.807) is 13.0 Å². The van der Waals surface area contributed by atoms with Crippen molar-refractivity contribution >= 4 is 56.8 Å². The van der Waals surface area contributed by atoms with E-state index in [-0.39, 0.29) is 17.6 Å². The van der Waals surface area contributed by atoms with E-state index >= 15 is 0 Å². The van der Waals surface area contributed by atoms with Crippen molar-refractivity contribution in [1.82, 2.24) is 4.98 Å². The van der Waals surface area contributed by atoms with Gasteiger partial charge in [-0.05, 0) is 38.0 Å². The first-order valence-electron chi connectivity index (χ1n) is 9.20. The van der Waals surface area contributed by atoms with Crippen molar-refractivity contribution in [3.8, 4) is 0 Å². The number of ether oxygens (including phenoxy) is 1. The smallest absolute Gasteiger partial charge is 0.316 e. The van der Waals surface area contributed by atoms with E-state index in [1.165, 1.54) is 23.1 Å². The number of thiazole rings is 1. The van der Waals surface area contributed by atoms with Gasteiger partial charge >= 0.3 is 11.9 Å². The molecule has 0 aliphatic heterocycles. The van der Waals surface area contributed by atoms with Gasteiger partial charge in [-0.15, -0.1) is 11.3 Å². The lowest BCUT2D eigenvalue weighted by Crippen LogP contribution is -2.36. The summed E-state index contributed by atoms with van der Waals surface area (Å²) in [6, 6.07) is 5.40. The van der Waals surface area contributed by atoms with E-state index in [0.29, 0.717) is 25.1 Å². The highest BCUT2D eigenvalue weighted by Crippen LogP contribution is 2.33. The molecule has 0 unspecified atom stereocenters. The van der Waals surface area contributed by atoms with Crippen molar-refractivity contribution in [2.45, 2.75) is 36.9 Å². The number of carbonyl (C=O) groups excluding carboxylic acids is 2. The Bertz CT molecular complexity index is 882. The van der Waals surface area contributed by atoms with Gasteiger partial charge in [0.05, 0.1) is 34.4 Å². The summed E-state index contributed by atoms with van der Waals surface area (Å²) >= 11 is 2.76. The Hall–Kier alpha value is -2.13. The van der Waals surface area contributed by atoms with Crippen molar-refractivity contribution in [1.29, 1.82) is 0 Å². The molecule has 0 spiro atoms. The highest BCUT2D eigenvalue weighted by Gasteiger charge is 2.35. The third-order valence-corrected chi connectivity index (χ3v) is 6.81. The van der Waals surface area contributed by atoms with Crippen LogP contribution in [-0.2, 0) is 19.1 Å². The Labute approximate surface area is 170 Å². The summed E-state index contributed by atoms with van der Waals surface area (Å²) in [5, 5.41) is 12.2. The molecule has 9 heteroatoms. The number of aliphatic carboxylic acids is 1. The quantitative estimate of drug-likeness (QED) is 0.517. The molecule has 150 valence electrons. The number of nitrogens with one attached hydrogen (secondary N) is 1. The van der Waals surface area contributed by atoms with Crippen LogP contribution in [0.5, 0.6) is 0 Å². The number of carbonyl (C=O) groups is 3. The molecule has 28 heavy (non-hydrogen) atoms. The number of fused-ring (bicyclic) bond motifs is 1. The number of rotatable bonds is 7. The lowest BCUT2D eigenvalue weighted by molar-refractivity contribution is -0.147. The molecule has 1 aromatic heterocycles. The molecule has 2 aromatic rings. The summed E-state index contributed by atoms with van der Waals surface area (Å²) in [4.78, 5) is 40.0. The number of amides is 1. The number of hydrogen-bond acceptors (Lipinski definition) is 7. The Kier molecular flexibility index (Phi) is 6.90. The Morgan fingerprint density at radius 3 is 2.75 bits per heavy atom. The third kappa shape index (κ3) is 5.02. The number of esters is 1. The SMILES string of the molecule is CCOC(=O)CSc1nc2ccc(NC(=O)[C@H]3CCCC[C@@H]3C(=O)O)cc2s1. The Balaban J connectivity index is 1.67. The maximum Gasteiger partial charge on any atom is 0.316 e. The van der Waals surface area contributed by atoms with Gasteiger partial charge in [0.25, 0.3) is 0 Å². The highest BCUT2D eigenvalue weighted by molar-refractivity contribution is 8.01. The second-order valence-electron chi connectivity index (χ2n) is 6.58. The van der Waals surface area contributed by atoms with Crippen LogP contribution in [0.2, 0.25) is 0 Å². The van der Waals surface area contributed by atoms with Crippen molar-refractivity contribution in [3.05, 3.63) is 18.2 Å². The van der Waals surface area contributed by atoms with Crippen molar-refractivity contribution < 1.29 is 24.2 Å². The summed E-state index contributed by atoms with van der Waals surface area (Å²) in [6.45, 7) is 2.12. The number of thioether (sulfide) groups is 1. The highest BCUT2D eigenvalue weighted by atomic mass is 32.2. The molecule has 7 nitrogen and oxygen atoms in total. The monoisotopic (exact) mass is 422 g/mol. The normalized spacial score (nSPS) is 19.3. The van der Waals surface area contributed by atoms with E-state index in [2.05, 4.69) is 10.3 Å². The van der Waals surface area contributed by atoms with E-state index < -0.39 is 17.8 Å². The molecule has 1 fully saturated rings. The fourth-order valence-corrected chi connectivity index (χ4v) is 5.25. The maximum atomic E-state index is 12.6.